The molecule has 7 heteroatoms. The molecule has 134 valence electrons. The van der Waals surface area contributed by atoms with Crippen molar-refractivity contribution in [3.8, 4) is 0 Å². The van der Waals surface area contributed by atoms with E-state index >= 15 is 0 Å². The van der Waals surface area contributed by atoms with E-state index in [0.717, 1.165) is 25.7 Å². The normalized spacial score (nSPS) is 24.8. The van der Waals surface area contributed by atoms with Crippen LogP contribution in [-0.4, -0.2) is 38.0 Å². The van der Waals surface area contributed by atoms with E-state index in [2.05, 4.69) is 16.8 Å². The third kappa shape index (κ3) is 4.18. The van der Waals surface area contributed by atoms with Gasteiger partial charge in [-0.25, -0.2) is 12.7 Å². The van der Waals surface area contributed by atoms with Gasteiger partial charge in [-0.05, 0) is 43.0 Å². The van der Waals surface area contributed by atoms with Gasteiger partial charge in [0.05, 0.1) is 18.2 Å². The van der Waals surface area contributed by atoms with Gasteiger partial charge in [0.2, 0.25) is 15.9 Å². The first kappa shape index (κ1) is 17.9. The van der Waals surface area contributed by atoms with E-state index in [1.54, 1.807) is 11.3 Å². The number of hydrogen-bond donors (Lipinski definition) is 1. The molecule has 3 rings (SSSR count). The largest absolute Gasteiger partial charge is 0.348 e. The quantitative estimate of drug-likeness (QED) is 0.867. The minimum atomic E-state index is -3.22. The molecule has 2 heterocycles. The van der Waals surface area contributed by atoms with Crippen molar-refractivity contribution in [2.45, 2.75) is 44.6 Å². The first-order chi connectivity index (χ1) is 11.4. The molecule has 1 aliphatic carbocycles. The van der Waals surface area contributed by atoms with Gasteiger partial charge in [0.15, 0.2) is 0 Å². The number of sulfonamides is 1. The third-order valence-corrected chi connectivity index (χ3v) is 7.47. The summed E-state index contributed by atoms with van der Waals surface area (Å²) in [4.78, 5) is 14.0. The Bertz CT molecular complexity index is 651. The lowest BCUT2D eigenvalue weighted by Crippen LogP contribution is -2.46. The zero-order chi connectivity index (χ0) is 17.2. The maximum Gasteiger partial charge on any atom is 0.224 e. The van der Waals surface area contributed by atoms with Crippen LogP contribution in [0.25, 0.3) is 0 Å². The average molecular weight is 371 g/mol. The second-order valence-corrected chi connectivity index (χ2v) is 9.97. The van der Waals surface area contributed by atoms with E-state index in [0.29, 0.717) is 19.0 Å². The molecule has 1 aromatic heterocycles. The molecular weight excluding hydrogens is 344 g/mol. The van der Waals surface area contributed by atoms with Gasteiger partial charge in [-0.3, -0.25) is 4.79 Å². The summed E-state index contributed by atoms with van der Waals surface area (Å²) in [6, 6.07) is 4.20. The molecule has 2 fully saturated rings. The van der Waals surface area contributed by atoms with Crippen molar-refractivity contribution in [3.63, 3.8) is 0 Å². The molecular formula is C17H26N2O3S2. The number of piperidine rings is 1. The number of nitrogens with zero attached hydrogens (tertiary/aromatic N) is 1. The van der Waals surface area contributed by atoms with Crippen LogP contribution in [0, 0.1) is 11.8 Å². The molecule has 0 spiro atoms. The summed E-state index contributed by atoms with van der Waals surface area (Å²) in [5.74, 6) is 0.271. The summed E-state index contributed by atoms with van der Waals surface area (Å²) in [6.07, 6.45) is 7.51. The number of carbonyl (C=O) groups excluding carboxylic acids is 1. The first-order valence-electron chi connectivity index (χ1n) is 8.74. The van der Waals surface area contributed by atoms with E-state index < -0.39 is 10.0 Å². The summed E-state index contributed by atoms with van der Waals surface area (Å²) < 4.78 is 25.0. The summed E-state index contributed by atoms with van der Waals surface area (Å²) in [6.45, 7) is 0.839. The molecule has 2 aliphatic rings. The molecule has 2 unspecified atom stereocenters. The maximum absolute atomic E-state index is 12.8. The van der Waals surface area contributed by atoms with E-state index in [4.69, 9.17) is 0 Å². The summed E-state index contributed by atoms with van der Waals surface area (Å²) in [5, 5.41) is 5.30. The second kappa shape index (κ2) is 7.54. The highest BCUT2D eigenvalue weighted by molar-refractivity contribution is 7.88. The molecule has 1 aliphatic heterocycles. The molecule has 5 nitrogen and oxygen atoms in total. The predicted molar refractivity (Wildman–Crippen MR) is 96.3 cm³/mol. The van der Waals surface area contributed by atoms with Crippen molar-refractivity contribution in [1.82, 2.24) is 9.62 Å². The van der Waals surface area contributed by atoms with Gasteiger partial charge in [-0.15, -0.1) is 11.3 Å². The van der Waals surface area contributed by atoms with Gasteiger partial charge >= 0.3 is 0 Å². The van der Waals surface area contributed by atoms with Crippen molar-refractivity contribution in [3.05, 3.63) is 22.4 Å². The highest BCUT2D eigenvalue weighted by Gasteiger charge is 2.34. The number of rotatable bonds is 5. The lowest BCUT2D eigenvalue weighted by atomic mass is 9.94. The second-order valence-electron chi connectivity index (χ2n) is 7.01. The molecule has 1 N–H and O–H groups in total. The zero-order valence-corrected chi connectivity index (χ0v) is 15.7. The molecule has 1 amide bonds. The highest BCUT2D eigenvalue weighted by Crippen LogP contribution is 2.37. The van der Waals surface area contributed by atoms with Gasteiger partial charge in [0.25, 0.3) is 0 Å². The monoisotopic (exact) mass is 370 g/mol. The Labute approximate surface area is 148 Å². The fourth-order valence-corrected chi connectivity index (χ4v) is 5.69. The highest BCUT2D eigenvalue weighted by atomic mass is 32.2. The molecule has 0 bridgehead atoms. The maximum atomic E-state index is 12.8. The van der Waals surface area contributed by atoms with Crippen molar-refractivity contribution < 1.29 is 13.2 Å². The number of nitrogens with one attached hydrogen (secondary N) is 1. The van der Waals surface area contributed by atoms with Crippen LogP contribution in [0.3, 0.4) is 0 Å². The fourth-order valence-electron chi connectivity index (χ4n) is 3.91. The van der Waals surface area contributed by atoms with Crippen LogP contribution in [-0.2, 0) is 14.8 Å². The minimum absolute atomic E-state index is 0.00801. The zero-order valence-electron chi connectivity index (χ0n) is 14.1. The Morgan fingerprint density at radius 1 is 1.29 bits per heavy atom. The van der Waals surface area contributed by atoms with Gasteiger partial charge < -0.3 is 5.32 Å². The van der Waals surface area contributed by atoms with E-state index in [1.165, 1.54) is 28.3 Å². The van der Waals surface area contributed by atoms with Crippen molar-refractivity contribution in [2.24, 2.45) is 11.8 Å². The van der Waals surface area contributed by atoms with Crippen molar-refractivity contribution in [1.29, 1.82) is 0 Å². The van der Waals surface area contributed by atoms with Crippen molar-refractivity contribution in [2.75, 3.05) is 19.3 Å². The number of hydrogen-bond acceptors (Lipinski definition) is 4. The lowest BCUT2D eigenvalue weighted by molar-refractivity contribution is -0.127. The van der Waals surface area contributed by atoms with Gasteiger partial charge in [-0.1, -0.05) is 18.9 Å². The van der Waals surface area contributed by atoms with Gasteiger partial charge in [0, 0.05) is 18.0 Å². The molecule has 0 radical (unpaired) electrons. The Morgan fingerprint density at radius 3 is 2.67 bits per heavy atom. The Hall–Kier alpha value is -0.920. The van der Waals surface area contributed by atoms with Crippen LogP contribution in [0.4, 0.5) is 0 Å². The van der Waals surface area contributed by atoms with Crippen LogP contribution in [0.1, 0.15) is 49.4 Å². The van der Waals surface area contributed by atoms with Gasteiger partial charge in [0.1, 0.15) is 0 Å². The minimum Gasteiger partial charge on any atom is -0.348 e. The summed E-state index contributed by atoms with van der Waals surface area (Å²) >= 11 is 1.69. The van der Waals surface area contributed by atoms with Crippen LogP contribution in [0.5, 0.6) is 0 Å². The van der Waals surface area contributed by atoms with Gasteiger partial charge in [-0.2, -0.15) is 0 Å². The van der Waals surface area contributed by atoms with Crippen LogP contribution < -0.4 is 5.32 Å². The molecule has 1 saturated carbocycles. The molecule has 1 saturated heterocycles. The fraction of sp³-hybridized carbons (Fsp3) is 0.706. The lowest BCUT2D eigenvalue weighted by Gasteiger charge is -2.32. The molecule has 2 atom stereocenters. The smallest absolute Gasteiger partial charge is 0.224 e. The van der Waals surface area contributed by atoms with Crippen LogP contribution in [0.15, 0.2) is 17.5 Å². The number of thiophene rings is 1. The predicted octanol–water partition coefficient (Wildman–Crippen LogP) is 2.77. The molecule has 1 aromatic rings. The van der Waals surface area contributed by atoms with Crippen LogP contribution >= 0.6 is 11.3 Å². The summed E-state index contributed by atoms with van der Waals surface area (Å²) in [5.41, 5.74) is 0. The number of amides is 1. The number of carbonyl (C=O) groups is 1. The average Bonchev–Trinajstić information content (AvgIpc) is 3.25. The standard InChI is InChI=1S/C17H26N2O3S2/c1-24(21,22)19-10-4-8-14(12-19)17(20)18-16(13-6-2-3-7-13)15-9-5-11-23-15/h5,9,11,13-14,16H,2-4,6-8,10,12H2,1H3,(H,18,20). The topological polar surface area (TPSA) is 66.5 Å². The van der Waals surface area contributed by atoms with E-state index in [1.807, 2.05) is 6.07 Å². The Kier molecular flexibility index (Phi) is 5.62. The SMILES string of the molecule is CS(=O)(=O)N1CCCC(C(=O)NC(c2cccs2)C2CCCC2)C1. The Balaban J connectivity index is 1.69. The summed E-state index contributed by atoms with van der Waals surface area (Å²) in [7, 11) is -3.22. The van der Waals surface area contributed by atoms with E-state index in [-0.39, 0.29) is 17.9 Å². The molecule has 24 heavy (non-hydrogen) atoms. The third-order valence-electron chi connectivity index (χ3n) is 5.24. The van der Waals surface area contributed by atoms with E-state index in [9.17, 15) is 13.2 Å². The van der Waals surface area contributed by atoms with Crippen LogP contribution in [0.2, 0.25) is 0 Å². The first-order valence-corrected chi connectivity index (χ1v) is 11.5. The Morgan fingerprint density at radius 2 is 2.04 bits per heavy atom. The van der Waals surface area contributed by atoms with Crippen molar-refractivity contribution >= 4 is 27.3 Å². The molecule has 0 aromatic carbocycles.